The van der Waals surface area contributed by atoms with Crippen molar-refractivity contribution in [2.75, 3.05) is 7.11 Å². The number of aromatic nitrogens is 1. The number of pyridine rings is 1. The predicted octanol–water partition coefficient (Wildman–Crippen LogP) is 1.92. The number of nitrogens with zero attached hydrogens (tertiary/aromatic N) is 1. The average Bonchev–Trinajstić information content (AvgIpc) is 2.27. The van der Waals surface area contributed by atoms with Crippen LogP contribution >= 0.6 is 11.6 Å². The van der Waals surface area contributed by atoms with Crippen LogP contribution < -0.4 is 5.73 Å². The van der Waals surface area contributed by atoms with Crippen molar-refractivity contribution in [3.05, 3.63) is 28.0 Å². The number of hydrogen-bond acceptors (Lipinski definition) is 4. The summed E-state index contributed by atoms with van der Waals surface area (Å²) >= 11 is 5.56. The van der Waals surface area contributed by atoms with E-state index < -0.39 is 18.1 Å². The van der Waals surface area contributed by atoms with Gasteiger partial charge >= 0.3 is 5.97 Å². The molecule has 0 aliphatic heterocycles. The fraction of sp³-hybridized carbons (Fsp3) is 0.333. The lowest BCUT2D eigenvalue weighted by Gasteiger charge is -2.09. The monoisotopic (exact) mass is 250 g/mol. The second-order valence-corrected chi connectivity index (χ2v) is 3.25. The first-order valence-electron chi connectivity index (χ1n) is 4.27. The van der Waals surface area contributed by atoms with Gasteiger partial charge in [0.2, 0.25) is 0 Å². The number of hydrogen-bond donors (Lipinski definition) is 1. The lowest BCUT2D eigenvalue weighted by Crippen LogP contribution is -2.13. The molecule has 0 spiro atoms. The van der Waals surface area contributed by atoms with Gasteiger partial charge in [-0.1, -0.05) is 11.6 Å². The van der Waals surface area contributed by atoms with E-state index in [1.165, 1.54) is 0 Å². The van der Waals surface area contributed by atoms with E-state index in [0.717, 1.165) is 13.2 Å². The summed E-state index contributed by atoms with van der Waals surface area (Å²) in [6.45, 7) is -0.151. The minimum absolute atomic E-state index is 0.000556. The normalized spacial score (nSPS) is 10.6. The fourth-order valence-corrected chi connectivity index (χ4v) is 1.37. The molecule has 16 heavy (non-hydrogen) atoms. The van der Waals surface area contributed by atoms with Crippen LogP contribution in [-0.2, 0) is 11.3 Å². The van der Waals surface area contributed by atoms with Crippen LogP contribution in [0.15, 0.2) is 6.07 Å². The zero-order valence-corrected chi connectivity index (χ0v) is 9.09. The van der Waals surface area contributed by atoms with Crippen molar-refractivity contribution in [2.45, 2.75) is 13.0 Å². The van der Waals surface area contributed by atoms with Crippen molar-refractivity contribution < 1.29 is 18.3 Å². The Balaban J connectivity index is 3.32. The summed E-state index contributed by atoms with van der Waals surface area (Å²) < 4.78 is 29.4. The molecule has 4 nitrogen and oxygen atoms in total. The number of carbonyl (C=O) groups excluding carboxylic acids is 1. The van der Waals surface area contributed by atoms with Crippen LogP contribution in [0.4, 0.5) is 8.78 Å². The summed E-state index contributed by atoms with van der Waals surface area (Å²) in [6, 6.07) is 1.09. The molecule has 7 heteroatoms. The molecular formula is C9H9ClF2N2O2. The molecule has 0 atom stereocenters. The van der Waals surface area contributed by atoms with Gasteiger partial charge in [-0.25, -0.2) is 18.6 Å². The highest BCUT2D eigenvalue weighted by molar-refractivity contribution is 6.31. The highest BCUT2D eigenvalue weighted by Crippen LogP contribution is 2.27. The minimum Gasteiger partial charge on any atom is -0.465 e. The van der Waals surface area contributed by atoms with Gasteiger partial charge in [-0.3, -0.25) is 0 Å². The third-order valence-corrected chi connectivity index (χ3v) is 2.19. The summed E-state index contributed by atoms with van der Waals surface area (Å²) in [5, 5.41) is -0.285. The molecule has 88 valence electrons. The van der Waals surface area contributed by atoms with E-state index in [0.29, 0.717) is 0 Å². The molecule has 0 amide bonds. The predicted molar refractivity (Wildman–Crippen MR) is 53.4 cm³/mol. The zero-order valence-electron chi connectivity index (χ0n) is 8.34. The molecule has 0 aliphatic carbocycles. The Labute approximate surface area is 95.4 Å². The number of halogens is 3. The average molecular weight is 251 g/mol. The molecule has 0 bridgehead atoms. The molecule has 0 unspecified atom stereocenters. The van der Waals surface area contributed by atoms with Gasteiger partial charge in [-0.2, -0.15) is 0 Å². The number of rotatable bonds is 3. The fourth-order valence-electron chi connectivity index (χ4n) is 1.14. The standard InChI is InChI=1S/C9H9ClF2N2O2/c1-16-9(15)4-2-5(10)7(8(11)12)14-6(4)3-13/h2,8H,3,13H2,1H3. The van der Waals surface area contributed by atoms with E-state index in [1.54, 1.807) is 0 Å². The Bertz CT molecular complexity index is 413. The highest BCUT2D eigenvalue weighted by atomic mass is 35.5. The third-order valence-electron chi connectivity index (χ3n) is 1.89. The van der Waals surface area contributed by atoms with Crippen LogP contribution in [0.25, 0.3) is 0 Å². The lowest BCUT2D eigenvalue weighted by atomic mass is 10.1. The number of carbonyl (C=O) groups is 1. The summed E-state index contributed by atoms with van der Waals surface area (Å²) in [6.07, 6.45) is -2.82. The summed E-state index contributed by atoms with van der Waals surface area (Å²) in [5.74, 6) is -0.712. The largest absolute Gasteiger partial charge is 0.465 e. The van der Waals surface area contributed by atoms with Crippen LogP contribution in [0.5, 0.6) is 0 Å². The zero-order chi connectivity index (χ0) is 12.3. The van der Waals surface area contributed by atoms with Gasteiger partial charge in [0, 0.05) is 6.54 Å². The summed E-state index contributed by atoms with van der Waals surface area (Å²) in [4.78, 5) is 14.8. The number of methoxy groups -OCH3 is 1. The van der Waals surface area contributed by atoms with Crippen molar-refractivity contribution in [3.63, 3.8) is 0 Å². The maximum absolute atomic E-state index is 12.5. The van der Waals surface area contributed by atoms with Gasteiger partial charge in [0.05, 0.1) is 23.4 Å². The molecule has 0 radical (unpaired) electrons. The van der Waals surface area contributed by atoms with E-state index in [-0.39, 0.29) is 22.8 Å². The van der Waals surface area contributed by atoms with E-state index >= 15 is 0 Å². The molecule has 1 heterocycles. The molecule has 0 aromatic carbocycles. The second-order valence-electron chi connectivity index (χ2n) is 2.85. The smallest absolute Gasteiger partial charge is 0.339 e. The minimum atomic E-state index is -2.82. The van der Waals surface area contributed by atoms with Crippen LogP contribution in [0.3, 0.4) is 0 Å². The van der Waals surface area contributed by atoms with Gasteiger partial charge in [0.25, 0.3) is 6.43 Å². The Kier molecular flexibility index (Phi) is 4.14. The molecule has 0 aliphatic rings. The Morgan fingerprint density at radius 3 is 2.75 bits per heavy atom. The van der Waals surface area contributed by atoms with E-state index in [4.69, 9.17) is 17.3 Å². The molecule has 1 aromatic heterocycles. The quantitative estimate of drug-likeness (QED) is 0.833. The number of nitrogens with two attached hydrogens (primary N) is 1. The van der Waals surface area contributed by atoms with Crippen LogP contribution in [0.1, 0.15) is 28.2 Å². The first-order chi connectivity index (χ1) is 7.51. The van der Waals surface area contributed by atoms with Crippen LogP contribution in [0.2, 0.25) is 5.02 Å². The van der Waals surface area contributed by atoms with Crippen LogP contribution in [-0.4, -0.2) is 18.1 Å². The van der Waals surface area contributed by atoms with E-state index in [9.17, 15) is 13.6 Å². The van der Waals surface area contributed by atoms with Gasteiger partial charge in [0.15, 0.2) is 0 Å². The first kappa shape index (κ1) is 12.8. The van der Waals surface area contributed by atoms with Crippen molar-refractivity contribution in [2.24, 2.45) is 5.73 Å². The molecule has 0 fully saturated rings. The maximum Gasteiger partial charge on any atom is 0.339 e. The van der Waals surface area contributed by atoms with Crippen LogP contribution in [0, 0.1) is 0 Å². The van der Waals surface area contributed by atoms with Crippen molar-refractivity contribution in [1.82, 2.24) is 4.98 Å². The molecular weight excluding hydrogens is 242 g/mol. The number of ether oxygens (including phenoxy) is 1. The molecule has 2 N–H and O–H groups in total. The Morgan fingerprint density at radius 1 is 1.69 bits per heavy atom. The van der Waals surface area contributed by atoms with E-state index in [2.05, 4.69) is 9.72 Å². The molecule has 1 aromatic rings. The van der Waals surface area contributed by atoms with Gasteiger partial charge in [-0.05, 0) is 6.07 Å². The highest BCUT2D eigenvalue weighted by Gasteiger charge is 2.20. The van der Waals surface area contributed by atoms with Gasteiger partial charge in [-0.15, -0.1) is 0 Å². The SMILES string of the molecule is COC(=O)c1cc(Cl)c(C(F)F)nc1CN. The van der Waals surface area contributed by atoms with Gasteiger partial charge < -0.3 is 10.5 Å². The van der Waals surface area contributed by atoms with E-state index in [1.807, 2.05) is 0 Å². The molecule has 1 rings (SSSR count). The lowest BCUT2D eigenvalue weighted by molar-refractivity contribution is 0.0598. The molecule has 0 saturated heterocycles. The third kappa shape index (κ3) is 2.45. The van der Waals surface area contributed by atoms with Crippen molar-refractivity contribution in [1.29, 1.82) is 0 Å². The number of alkyl halides is 2. The topological polar surface area (TPSA) is 65.2 Å². The maximum atomic E-state index is 12.5. The second kappa shape index (κ2) is 5.18. The molecule has 0 saturated carbocycles. The summed E-state index contributed by atoms with van der Waals surface area (Å²) in [5.41, 5.74) is 4.75. The van der Waals surface area contributed by atoms with Crippen molar-refractivity contribution in [3.8, 4) is 0 Å². The Hall–Kier alpha value is -1.27. The Morgan fingerprint density at radius 2 is 2.31 bits per heavy atom. The van der Waals surface area contributed by atoms with Crippen molar-refractivity contribution >= 4 is 17.6 Å². The summed E-state index contributed by atoms with van der Waals surface area (Å²) in [7, 11) is 1.16. The first-order valence-corrected chi connectivity index (χ1v) is 4.64. The van der Waals surface area contributed by atoms with Gasteiger partial charge in [0.1, 0.15) is 5.69 Å². The number of esters is 1.